The second kappa shape index (κ2) is 9.43. The third-order valence-electron chi connectivity index (χ3n) is 8.42. The summed E-state index contributed by atoms with van der Waals surface area (Å²) in [5, 5.41) is 7.17. The molecule has 0 radical (unpaired) electrons. The molecule has 4 aromatic rings. The van der Waals surface area contributed by atoms with Crippen molar-refractivity contribution in [2.24, 2.45) is 0 Å². The van der Waals surface area contributed by atoms with E-state index in [1.165, 1.54) is 24.2 Å². The first-order valence-electron chi connectivity index (χ1n) is 13.9. The largest absolute Gasteiger partial charge is 0.446 e. The van der Waals surface area contributed by atoms with Crippen molar-refractivity contribution in [1.82, 2.24) is 24.8 Å². The number of hydrogen-bond acceptors (Lipinski definition) is 5. The number of carbonyl (C=O) groups excluding carboxylic acids is 2. The molecule has 0 spiro atoms. The lowest BCUT2D eigenvalue weighted by molar-refractivity contribution is 0.0671. The molecule has 2 aromatic heterocycles. The number of aromatic nitrogens is 3. The third kappa shape index (κ3) is 4.29. The van der Waals surface area contributed by atoms with Crippen LogP contribution in [0.2, 0.25) is 0 Å². The molecule has 1 N–H and O–H groups in total. The Hall–Kier alpha value is -4.27. The minimum atomic E-state index is -0.481. The molecule has 2 unspecified atom stereocenters. The van der Waals surface area contributed by atoms with Crippen LogP contribution in [-0.2, 0) is 11.2 Å². The van der Waals surface area contributed by atoms with Gasteiger partial charge >= 0.3 is 6.09 Å². The Morgan fingerprint density at radius 3 is 2.70 bits per heavy atom. The average Bonchev–Trinajstić information content (AvgIpc) is 3.90. The standard InChI is InChI=1S/C31H30FN5O3/c1-17-21-6-4-3-5-18(21)11-12-36(17)30(38)26-15-27(19-7-8-19)37-29(34-26)16-25(35-37)22-10-9-20(13-24(22)32)23-14-28(23)40-31(39)33-2/h3-6,9-10,13,15-17,19,23,28H,7-8,11-12,14H2,1-2H3,(H,33,39)/t17-,23?,28?/m1/s1. The predicted molar refractivity (Wildman–Crippen MR) is 147 cm³/mol. The lowest BCUT2D eigenvalue weighted by Crippen LogP contribution is -2.39. The number of amides is 2. The van der Waals surface area contributed by atoms with Crippen LogP contribution >= 0.6 is 0 Å². The first kappa shape index (κ1) is 24.7. The number of halogens is 1. The summed E-state index contributed by atoms with van der Waals surface area (Å²) in [5.41, 5.74) is 5.97. The number of nitrogens with one attached hydrogen (secondary N) is 1. The molecular weight excluding hydrogens is 509 g/mol. The molecule has 2 saturated carbocycles. The lowest BCUT2D eigenvalue weighted by atomic mass is 9.93. The predicted octanol–water partition coefficient (Wildman–Crippen LogP) is 5.38. The molecule has 204 valence electrons. The number of ether oxygens (including phenoxy) is 1. The van der Waals surface area contributed by atoms with Crippen LogP contribution < -0.4 is 5.32 Å². The highest BCUT2D eigenvalue weighted by atomic mass is 19.1. The van der Waals surface area contributed by atoms with Gasteiger partial charge < -0.3 is 15.0 Å². The fraction of sp³-hybridized carbons (Fsp3) is 0.355. The van der Waals surface area contributed by atoms with Gasteiger partial charge in [0, 0.05) is 42.8 Å². The van der Waals surface area contributed by atoms with E-state index in [-0.39, 0.29) is 24.0 Å². The number of alkyl carbamates (subject to hydrolysis) is 1. The van der Waals surface area contributed by atoms with Gasteiger partial charge in [-0.1, -0.05) is 30.3 Å². The molecule has 0 saturated heterocycles. The van der Waals surface area contributed by atoms with Crippen LogP contribution in [-0.4, -0.2) is 51.2 Å². The van der Waals surface area contributed by atoms with E-state index in [1.54, 1.807) is 16.6 Å². The van der Waals surface area contributed by atoms with Crippen molar-refractivity contribution in [3.05, 3.63) is 88.5 Å². The van der Waals surface area contributed by atoms with Gasteiger partial charge in [-0.15, -0.1) is 0 Å². The van der Waals surface area contributed by atoms with Gasteiger partial charge in [-0.3, -0.25) is 4.79 Å². The summed E-state index contributed by atoms with van der Waals surface area (Å²) in [7, 11) is 1.51. The maximum absolute atomic E-state index is 15.3. The monoisotopic (exact) mass is 539 g/mol. The first-order valence-corrected chi connectivity index (χ1v) is 13.9. The summed E-state index contributed by atoms with van der Waals surface area (Å²) in [6, 6.07) is 16.9. The van der Waals surface area contributed by atoms with Gasteiger partial charge in [-0.05, 0) is 67.5 Å². The van der Waals surface area contributed by atoms with Crippen LogP contribution in [0.25, 0.3) is 16.9 Å². The molecule has 0 bridgehead atoms. The highest BCUT2D eigenvalue weighted by Crippen LogP contribution is 2.44. The summed E-state index contributed by atoms with van der Waals surface area (Å²) in [6.07, 6.45) is 2.82. The van der Waals surface area contributed by atoms with Gasteiger partial charge in [0.05, 0.1) is 11.7 Å². The Morgan fingerprint density at radius 1 is 1.10 bits per heavy atom. The molecule has 8 nitrogen and oxygen atoms in total. The minimum Gasteiger partial charge on any atom is -0.446 e. The van der Waals surface area contributed by atoms with E-state index in [1.807, 2.05) is 29.2 Å². The van der Waals surface area contributed by atoms with Gasteiger partial charge in [-0.25, -0.2) is 18.7 Å². The van der Waals surface area contributed by atoms with Crippen LogP contribution in [0, 0.1) is 5.82 Å². The van der Waals surface area contributed by atoms with Gasteiger partial charge in [0.25, 0.3) is 5.91 Å². The summed E-state index contributed by atoms with van der Waals surface area (Å²) >= 11 is 0. The van der Waals surface area contributed by atoms with Crippen molar-refractivity contribution in [2.45, 2.75) is 56.6 Å². The van der Waals surface area contributed by atoms with Crippen LogP contribution in [0.15, 0.2) is 54.6 Å². The molecule has 3 atom stereocenters. The quantitative estimate of drug-likeness (QED) is 0.368. The zero-order valence-electron chi connectivity index (χ0n) is 22.4. The third-order valence-corrected chi connectivity index (χ3v) is 8.42. The Kier molecular flexibility index (Phi) is 5.83. The maximum Gasteiger partial charge on any atom is 0.407 e. The Balaban J connectivity index is 1.19. The summed E-state index contributed by atoms with van der Waals surface area (Å²) in [4.78, 5) is 31.8. The zero-order chi connectivity index (χ0) is 27.5. The van der Waals surface area contributed by atoms with E-state index in [9.17, 15) is 9.59 Å². The summed E-state index contributed by atoms with van der Waals surface area (Å²) < 4.78 is 22.4. The number of hydrogen-bond donors (Lipinski definition) is 1. The number of rotatable bonds is 5. The lowest BCUT2D eigenvalue weighted by Gasteiger charge is -2.35. The van der Waals surface area contributed by atoms with Gasteiger partial charge in [-0.2, -0.15) is 5.10 Å². The fourth-order valence-electron chi connectivity index (χ4n) is 5.92. The molecule has 40 heavy (non-hydrogen) atoms. The Morgan fingerprint density at radius 2 is 1.93 bits per heavy atom. The number of carbonyl (C=O) groups is 2. The normalized spacial score (nSPS) is 21.7. The van der Waals surface area contributed by atoms with Crippen LogP contribution in [0.3, 0.4) is 0 Å². The summed E-state index contributed by atoms with van der Waals surface area (Å²) in [5.74, 6) is -0.189. The Labute approximate surface area is 231 Å². The van der Waals surface area contributed by atoms with Gasteiger partial charge in [0.1, 0.15) is 17.6 Å². The van der Waals surface area contributed by atoms with E-state index >= 15 is 4.39 Å². The SMILES string of the molecule is CNC(=O)OC1CC1c1ccc(-c2cc3nc(C(=O)N4CCc5ccccc5[C@H]4C)cc(C4CC4)n3n2)c(F)c1. The molecule has 2 aromatic carbocycles. The zero-order valence-corrected chi connectivity index (χ0v) is 22.4. The molecule has 9 heteroatoms. The van der Waals surface area contributed by atoms with Crippen molar-refractivity contribution >= 4 is 17.6 Å². The molecule has 2 aliphatic carbocycles. The second-order valence-electron chi connectivity index (χ2n) is 11.0. The molecular formula is C31H30FN5O3. The average molecular weight is 540 g/mol. The van der Waals surface area contributed by atoms with E-state index in [2.05, 4.69) is 24.4 Å². The first-order chi connectivity index (χ1) is 19.4. The second-order valence-corrected chi connectivity index (χ2v) is 11.0. The topological polar surface area (TPSA) is 88.8 Å². The van der Waals surface area contributed by atoms with Crippen molar-refractivity contribution in [2.75, 3.05) is 13.6 Å². The molecule has 3 heterocycles. The smallest absolute Gasteiger partial charge is 0.407 e. The highest BCUT2D eigenvalue weighted by molar-refractivity contribution is 5.93. The molecule has 7 rings (SSSR count). The Bertz CT molecular complexity index is 1660. The van der Waals surface area contributed by atoms with Gasteiger partial charge in [0.2, 0.25) is 0 Å². The number of fused-ring (bicyclic) bond motifs is 2. The number of benzene rings is 2. The maximum atomic E-state index is 15.3. The molecule has 2 fully saturated rings. The molecule has 2 amide bonds. The van der Waals surface area contributed by atoms with Crippen LogP contribution in [0.1, 0.15) is 76.9 Å². The van der Waals surface area contributed by atoms with E-state index in [0.717, 1.165) is 30.5 Å². The molecule has 3 aliphatic rings. The van der Waals surface area contributed by atoms with E-state index in [0.29, 0.717) is 41.5 Å². The summed E-state index contributed by atoms with van der Waals surface area (Å²) in [6.45, 7) is 2.70. The van der Waals surface area contributed by atoms with Gasteiger partial charge in [0.15, 0.2) is 5.65 Å². The minimum absolute atomic E-state index is 0.0113. The van der Waals surface area contributed by atoms with E-state index < -0.39 is 11.9 Å². The van der Waals surface area contributed by atoms with Crippen molar-refractivity contribution in [1.29, 1.82) is 0 Å². The van der Waals surface area contributed by atoms with Crippen LogP contribution in [0.4, 0.5) is 9.18 Å². The van der Waals surface area contributed by atoms with Crippen molar-refractivity contribution < 1.29 is 18.7 Å². The highest BCUT2D eigenvalue weighted by Gasteiger charge is 2.42. The van der Waals surface area contributed by atoms with Crippen LogP contribution in [0.5, 0.6) is 0 Å². The van der Waals surface area contributed by atoms with E-state index in [4.69, 9.17) is 14.8 Å². The molecule has 1 aliphatic heterocycles. The van der Waals surface area contributed by atoms with Crippen molar-refractivity contribution in [3.8, 4) is 11.3 Å². The number of nitrogens with zero attached hydrogens (tertiary/aromatic N) is 4. The fourth-order valence-corrected chi connectivity index (χ4v) is 5.92. The van der Waals surface area contributed by atoms with Crippen molar-refractivity contribution in [3.63, 3.8) is 0 Å².